The van der Waals surface area contributed by atoms with E-state index in [0.29, 0.717) is 76.0 Å². The molecule has 1 aliphatic heterocycles. The molecule has 1 aromatic carbocycles. The van der Waals surface area contributed by atoms with Gasteiger partial charge in [0.15, 0.2) is 11.0 Å². The minimum Gasteiger partial charge on any atom is -0.394 e. The summed E-state index contributed by atoms with van der Waals surface area (Å²) >= 11 is 1.43. The van der Waals surface area contributed by atoms with Crippen LogP contribution in [-0.2, 0) is 23.8 Å². The maximum absolute atomic E-state index is 12.7. The van der Waals surface area contributed by atoms with E-state index in [2.05, 4.69) is 25.7 Å². The Kier molecular flexibility index (Phi) is 12.0. The number of benzene rings is 1. The Morgan fingerprint density at radius 2 is 1.67 bits per heavy atom. The second-order valence-corrected chi connectivity index (χ2v) is 11.8. The summed E-state index contributed by atoms with van der Waals surface area (Å²) < 4.78 is 16.0. The fourth-order valence-corrected chi connectivity index (χ4v) is 5.31. The van der Waals surface area contributed by atoms with Crippen molar-refractivity contribution in [2.75, 3.05) is 88.0 Å². The Balaban J connectivity index is 1.15. The highest BCUT2D eigenvalue weighted by molar-refractivity contribution is 7.99. The van der Waals surface area contributed by atoms with Crippen molar-refractivity contribution in [3.05, 3.63) is 42.1 Å². The molecule has 14 nitrogen and oxygen atoms in total. The maximum Gasteiger partial charge on any atom is 0.248 e. The number of aromatic nitrogens is 4. The molecule has 3 heterocycles. The molecule has 45 heavy (non-hydrogen) atoms. The Labute approximate surface area is 266 Å². The van der Waals surface area contributed by atoms with Gasteiger partial charge in [-0.3, -0.25) is 14.7 Å². The molecule has 2 amide bonds. The van der Waals surface area contributed by atoms with Gasteiger partial charge in [-0.2, -0.15) is 5.10 Å². The van der Waals surface area contributed by atoms with Gasteiger partial charge in [0.1, 0.15) is 18.2 Å². The van der Waals surface area contributed by atoms with Crippen LogP contribution in [0.4, 0.5) is 23.1 Å². The average molecular weight is 641 g/mol. The zero-order valence-electron chi connectivity index (χ0n) is 25.4. The second-order valence-electron chi connectivity index (χ2n) is 10.7. The molecule has 0 atom stereocenters. The minimum absolute atomic E-state index is 0.00112. The Hall–Kier alpha value is -3.76. The lowest BCUT2D eigenvalue weighted by Crippen LogP contribution is -2.50. The van der Waals surface area contributed by atoms with E-state index in [-0.39, 0.29) is 30.9 Å². The zero-order valence-corrected chi connectivity index (χ0v) is 26.2. The van der Waals surface area contributed by atoms with Gasteiger partial charge in [-0.25, -0.2) is 9.97 Å². The summed E-state index contributed by atoms with van der Waals surface area (Å²) in [6.45, 7) is 6.02. The van der Waals surface area contributed by atoms with Gasteiger partial charge in [0, 0.05) is 60.5 Å². The molecule has 0 radical (unpaired) electrons. The SMILES string of the molecule is Cc1cc(Nc2cc(N3CCN(C(=O)COCCOCCOCCO)CC3)nc(Sc3ccc(NC(=O)C4CC4)cc3)n2)n[nH]1. The number of hydrogen-bond acceptors (Lipinski definition) is 12. The maximum atomic E-state index is 12.7. The molecule has 0 bridgehead atoms. The van der Waals surface area contributed by atoms with E-state index in [0.717, 1.165) is 34.9 Å². The fraction of sp³-hybridized carbons (Fsp3) is 0.500. The molecular formula is C30H40N8O6S. The van der Waals surface area contributed by atoms with Crippen molar-refractivity contribution < 1.29 is 28.9 Å². The van der Waals surface area contributed by atoms with E-state index in [1.165, 1.54) is 11.8 Å². The highest BCUT2D eigenvalue weighted by Crippen LogP contribution is 2.32. The lowest BCUT2D eigenvalue weighted by Gasteiger charge is -2.35. The lowest BCUT2D eigenvalue weighted by atomic mass is 10.3. The van der Waals surface area contributed by atoms with E-state index < -0.39 is 0 Å². The summed E-state index contributed by atoms with van der Waals surface area (Å²) in [7, 11) is 0. The van der Waals surface area contributed by atoms with E-state index in [9.17, 15) is 9.59 Å². The standard InChI is InChI=1S/C30H40N8O6S/c1-21-18-26(36-35-21)32-25-19-27(34-30(33-25)45-24-6-4-23(5-7-24)31-29(41)22-2-3-22)37-8-10-38(11-9-37)28(40)20-44-17-16-43-15-14-42-13-12-39/h4-7,18-19,22,39H,2-3,8-17,20H2,1H3,(H,31,41)(H2,32,33,34,35,36). The van der Waals surface area contributed by atoms with Gasteiger partial charge in [0.2, 0.25) is 11.8 Å². The van der Waals surface area contributed by atoms with E-state index in [4.69, 9.17) is 29.3 Å². The third-order valence-corrected chi connectivity index (χ3v) is 7.97. The molecule has 0 spiro atoms. The van der Waals surface area contributed by atoms with Crippen molar-refractivity contribution >= 4 is 46.7 Å². The summed E-state index contributed by atoms with van der Waals surface area (Å²) in [6, 6.07) is 11.5. The first-order valence-corrected chi connectivity index (χ1v) is 15.9. The van der Waals surface area contributed by atoms with Crippen LogP contribution in [0.3, 0.4) is 0 Å². The van der Waals surface area contributed by atoms with Crippen molar-refractivity contribution in [1.29, 1.82) is 0 Å². The van der Waals surface area contributed by atoms with Crippen LogP contribution in [0.25, 0.3) is 0 Å². The number of hydrogen-bond donors (Lipinski definition) is 4. The molecule has 4 N–H and O–H groups in total. The third-order valence-electron chi connectivity index (χ3n) is 7.09. The molecule has 2 aliphatic rings. The van der Waals surface area contributed by atoms with Crippen LogP contribution in [-0.4, -0.2) is 114 Å². The minimum atomic E-state index is -0.0621. The first-order chi connectivity index (χ1) is 22.0. The van der Waals surface area contributed by atoms with Gasteiger partial charge in [0.05, 0.1) is 39.6 Å². The van der Waals surface area contributed by atoms with Gasteiger partial charge in [-0.05, 0) is 55.8 Å². The summed E-state index contributed by atoms with van der Waals surface area (Å²) in [5.41, 5.74) is 1.70. The number of rotatable bonds is 17. The Morgan fingerprint density at radius 1 is 0.956 bits per heavy atom. The van der Waals surface area contributed by atoms with E-state index in [1.54, 1.807) is 4.90 Å². The Morgan fingerprint density at radius 3 is 2.33 bits per heavy atom. The summed E-state index contributed by atoms with van der Waals surface area (Å²) in [5.74, 6) is 2.17. The monoisotopic (exact) mass is 640 g/mol. The summed E-state index contributed by atoms with van der Waals surface area (Å²) in [6.07, 6.45) is 1.92. The number of H-pyrrole nitrogens is 1. The number of aliphatic hydroxyl groups excluding tert-OH is 1. The molecule has 1 saturated heterocycles. The number of anilines is 4. The zero-order chi connectivity index (χ0) is 31.4. The highest BCUT2D eigenvalue weighted by Gasteiger charge is 2.29. The van der Waals surface area contributed by atoms with Crippen LogP contribution in [0.2, 0.25) is 0 Å². The van der Waals surface area contributed by atoms with Crippen LogP contribution in [0.5, 0.6) is 0 Å². The number of carbonyl (C=O) groups excluding carboxylic acids is 2. The number of aromatic amines is 1. The smallest absolute Gasteiger partial charge is 0.248 e. The largest absolute Gasteiger partial charge is 0.394 e. The van der Waals surface area contributed by atoms with Crippen LogP contribution in [0.15, 0.2) is 46.5 Å². The first kappa shape index (κ1) is 32.6. The Bertz CT molecular complexity index is 1400. The van der Waals surface area contributed by atoms with Gasteiger partial charge >= 0.3 is 0 Å². The van der Waals surface area contributed by atoms with Crippen molar-refractivity contribution in [1.82, 2.24) is 25.1 Å². The molecule has 3 aromatic rings. The third kappa shape index (κ3) is 10.4. The number of aliphatic hydroxyl groups is 1. The number of carbonyl (C=O) groups is 2. The molecule has 0 unspecified atom stereocenters. The molecular weight excluding hydrogens is 600 g/mol. The predicted molar refractivity (Wildman–Crippen MR) is 169 cm³/mol. The first-order valence-electron chi connectivity index (χ1n) is 15.1. The fourth-order valence-electron chi connectivity index (χ4n) is 4.54. The number of ether oxygens (including phenoxy) is 3. The van der Waals surface area contributed by atoms with Crippen LogP contribution in [0, 0.1) is 12.8 Å². The summed E-state index contributed by atoms with van der Waals surface area (Å²) in [5, 5.41) is 22.7. The predicted octanol–water partition coefficient (Wildman–Crippen LogP) is 2.44. The van der Waals surface area contributed by atoms with Crippen molar-refractivity contribution in [2.45, 2.75) is 29.8 Å². The molecule has 242 valence electrons. The van der Waals surface area contributed by atoms with E-state index >= 15 is 0 Å². The molecule has 5 rings (SSSR count). The van der Waals surface area contributed by atoms with Crippen LogP contribution >= 0.6 is 11.8 Å². The molecule has 1 saturated carbocycles. The topological polar surface area (TPSA) is 167 Å². The number of nitrogens with zero attached hydrogens (tertiary/aromatic N) is 5. The van der Waals surface area contributed by atoms with Gasteiger partial charge in [-0.1, -0.05) is 0 Å². The van der Waals surface area contributed by atoms with Crippen LogP contribution < -0.4 is 15.5 Å². The molecule has 2 aromatic heterocycles. The number of piperazine rings is 1. The molecule has 15 heteroatoms. The van der Waals surface area contributed by atoms with Gasteiger partial charge < -0.3 is 39.8 Å². The van der Waals surface area contributed by atoms with Crippen molar-refractivity contribution in [2.24, 2.45) is 5.92 Å². The van der Waals surface area contributed by atoms with Crippen molar-refractivity contribution in [3.63, 3.8) is 0 Å². The molecule has 2 fully saturated rings. The average Bonchev–Trinajstić information content (AvgIpc) is 3.83. The summed E-state index contributed by atoms with van der Waals surface area (Å²) in [4.78, 5) is 39.3. The number of amides is 2. The number of nitrogens with one attached hydrogen (secondary N) is 3. The second kappa shape index (κ2) is 16.5. The quantitative estimate of drug-likeness (QED) is 0.126. The lowest BCUT2D eigenvalue weighted by molar-refractivity contribution is -0.137. The highest BCUT2D eigenvalue weighted by atomic mass is 32.2. The normalized spacial score (nSPS) is 14.9. The van der Waals surface area contributed by atoms with Gasteiger partial charge in [0.25, 0.3) is 0 Å². The molecule has 1 aliphatic carbocycles. The number of aryl methyl sites for hydroxylation is 1. The van der Waals surface area contributed by atoms with E-state index in [1.807, 2.05) is 43.3 Å². The van der Waals surface area contributed by atoms with Gasteiger partial charge in [-0.15, -0.1) is 0 Å². The van der Waals surface area contributed by atoms with Crippen LogP contribution in [0.1, 0.15) is 18.5 Å². The van der Waals surface area contributed by atoms with Crippen molar-refractivity contribution in [3.8, 4) is 0 Å².